The molecule has 1 atom stereocenters. The zero-order chi connectivity index (χ0) is 14.3. The first kappa shape index (κ1) is 13.3. The van der Waals surface area contributed by atoms with E-state index in [1.165, 1.54) is 11.3 Å². The van der Waals surface area contributed by atoms with Crippen LogP contribution in [-0.2, 0) is 0 Å². The lowest BCUT2D eigenvalue weighted by Gasteiger charge is -2.20. The molecule has 5 nitrogen and oxygen atoms in total. The van der Waals surface area contributed by atoms with Crippen molar-refractivity contribution in [3.8, 4) is 0 Å². The maximum absolute atomic E-state index is 12.6. The van der Waals surface area contributed by atoms with E-state index in [-0.39, 0.29) is 5.91 Å². The van der Waals surface area contributed by atoms with E-state index in [0.29, 0.717) is 16.6 Å². The molecule has 0 bridgehead atoms. The van der Waals surface area contributed by atoms with Gasteiger partial charge in [0.15, 0.2) is 0 Å². The zero-order valence-electron chi connectivity index (χ0n) is 11.7. The third-order valence-corrected chi connectivity index (χ3v) is 5.00. The van der Waals surface area contributed by atoms with Crippen molar-refractivity contribution < 1.29 is 4.79 Å². The summed E-state index contributed by atoms with van der Waals surface area (Å²) in [5.41, 5.74) is 6.68. The topological polar surface area (TPSA) is 62.5 Å². The van der Waals surface area contributed by atoms with Gasteiger partial charge in [0.1, 0.15) is 9.71 Å². The number of nitrogens with zero attached hydrogens (tertiary/aromatic N) is 3. The van der Waals surface area contributed by atoms with Gasteiger partial charge in [-0.05, 0) is 32.6 Å². The minimum atomic E-state index is 0.0369. The van der Waals surface area contributed by atoms with Crippen molar-refractivity contribution in [2.45, 2.75) is 12.5 Å². The quantitative estimate of drug-likeness (QED) is 0.913. The van der Waals surface area contributed by atoms with Gasteiger partial charge in [-0.15, -0.1) is 11.3 Å². The van der Waals surface area contributed by atoms with Crippen LogP contribution >= 0.6 is 11.3 Å². The van der Waals surface area contributed by atoms with Crippen LogP contribution < -0.4 is 5.73 Å². The fourth-order valence-electron chi connectivity index (χ4n) is 2.60. The molecule has 0 aromatic carbocycles. The summed E-state index contributed by atoms with van der Waals surface area (Å²) in [5.74, 6) is 0.0369. The van der Waals surface area contributed by atoms with Crippen LogP contribution in [0.3, 0.4) is 0 Å². The first-order valence-electron chi connectivity index (χ1n) is 6.66. The molecule has 1 fully saturated rings. The third kappa shape index (κ3) is 2.14. The number of hydrogen-bond acceptors (Lipinski definition) is 5. The molecule has 3 heterocycles. The summed E-state index contributed by atoms with van der Waals surface area (Å²) in [6.45, 7) is 1.57. The summed E-state index contributed by atoms with van der Waals surface area (Å²) in [6, 6.07) is 4.20. The number of thiophene rings is 1. The highest BCUT2D eigenvalue weighted by molar-refractivity contribution is 7.21. The van der Waals surface area contributed by atoms with Crippen molar-refractivity contribution in [2.75, 3.05) is 32.9 Å². The predicted molar refractivity (Wildman–Crippen MR) is 82.0 cm³/mol. The molecule has 20 heavy (non-hydrogen) atoms. The number of hydrogen-bond donors (Lipinski definition) is 1. The lowest BCUT2D eigenvalue weighted by atomic mass is 10.2. The molecule has 0 saturated carbocycles. The SMILES string of the molecule is CN(C)C1CCN(C(=O)c2sc3ncccc3c2N)C1. The molecule has 0 aliphatic carbocycles. The van der Waals surface area contributed by atoms with Gasteiger partial charge in [0.2, 0.25) is 0 Å². The largest absolute Gasteiger partial charge is 0.397 e. The van der Waals surface area contributed by atoms with Gasteiger partial charge >= 0.3 is 0 Å². The second-order valence-electron chi connectivity index (χ2n) is 5.36. The molecule has 0 radical (unpaired) electrons. The average molecular weight is 290 g/mol. The lowest BCUT2D eigenvalue weighted by Crippen LogP contribution is -2.34. The summed E-state index contributed by atoms with van der Waals surface area (Å²) in [7, 11) is 4.10. The number of carbonyl (C=O) groups excluding carboxylic acids is 1. The van der Waals surface area contributed by atoms with Gasteiger partial charge in [-0.25, -0.2) is 4.98 Å². The summed E-state index contributed by atoms with van der Waals surface area (Å²) in [5, 5.41) is 0.879. The molecule has 0 spiro atoms. The number of likely N-dealkylation sites (tertiary alicyclic amines) is 1. The van der Waals surface area contributed by atoms with Crippen LogP contribution in [-0.4, -0.2) is 53.9 Å². The Kier molecular flexibility index (Phi) is 3.35. The van der Waals surface area contributed by atoms with E-state index < -0.39 is 0 Å². The molecule has 6 heteroatoms. The van der Waals surface area contributed by atoms with Gasteiger partial charge in [-0.1, -0.05) is 0 Å². The van der Waals surface area contributed by atoms with Crippen LogP contribution in [0.25, 0.3) is 10.2 Å². The number of rotatable bonds is 2. The highest BCUT2D eigenvalue weighted by Gasteiger charge is 2.30. The number of pyridine rings is 1. The van der Waals surface area contributed by atoms with Gasteiger partial charge < -0.3 is 15.5 Å². The van der Waals surface area contributed by atoms with Gasteiger partial charge in [-0.2, -0.15) is 0 Å². The van der Waals surface area contributed by atoms with E-state index in [9.17, 15) is 4.79 Å². The van der Waals surface area contributed by atoms with E-state index in [1.807, 2.05) is 17.0 Å². The number of aromatic nitrogens is 1. The van der Waals surface area contributed by atoms with Crippen LogP contribution in [0.5, 0.6) is 0 Å². The number of nitrogen functional groups attached to an aromatic ring is 1. The number of carbonyl (C=O) groups is 1. The average Bonchev–Trinajstić information content (AvgIpc) is 3.04. The van der Waals surface area contributed by atoms with Crippen LogP contribution in [0.1, 0.15) is 16.1 Å². The summed E-state index contributed by atoms with van der Waals surface area (Å²) in [4.78, 5) is 22.4. The second kappa shape index (κ2) is 5.03. The Balaban J connectivity index is 1.88. The van der Waals surface area contributed by atoms with Crippen LogP contribution in [0.2, 0.25) is 0 Å². The van der Waals surface area contributed by atoms with Gasteiger partial charge in [0.05, 0.1) is 5.69 Å². The normalized spacial score (nSPS) is 19.1. The van der Waals surface area contributed by atoms with E-state index in [4.69, 9.17) is 5.73 Å². The Bertz CT molecular complexity index is 652. The molecular weight excluding hydrogens is 272 g/mol. The molecule has 1 saturated heterocycles. The van der Waals surface area contributed by atoms with E-state index in [1.54, 1.807) is 6.20 Å². The maximum atomic E-state index is 12.6. The minimum Gasteiger partial charge on any atom is -0.397 e. The van der Waals surface area contributed by atoms with E-state index >= 15 is 0 Å². The molecule has 2 aromatic rings. The summed E-state index contributed by atoms with van der Waals surface area (Å²) >= 11 is 1.39. The monoisotopic (exact) mass is 290 g/mol. The Morgan fingerprint density at radius 1 is 1.55 bits per heavy atom. The van der Waals surface area contributed by atoms with Crippen LogP contribution in [0, 0.1) is 0 Å². The molecule has 1 aliphatic rings. The molecule has 1 aliphatic heterocycles. The Labute approximate surface area is 122 Å². The van der Waals surface area contributed by atoms with Crippen molar-refractivity contribution >= 4 is 33.1 Å². The summed E-state index contributed by atoms with van der Waals surface area (Å²) in [6.07, 6.45) is 2.74. The molecule has 2 aromatic heterocycles. The molecule has 106 valence electrons. The number of fused-ring (bicyclic) bond motifs is 1. The highest BCUT2D eigenvalue weighted by Crippen LogP contribution is 2.33. The maximum Gasteiger partial charge on any atom is 0.266 e. The highest BCUT2D eigenvalue weighted by atomic mass is 32.1. The van der Waals surface area contributed by atoms with Gasteiger partial charge in [0, 0.05) is 30.7 Å². The standard InChI is InChI=1S/C14H18N4OS/c1-17(2)9-5-7-18(8-9)14(19)12-11(15)10-4-3-6-16-13(10)20-12/h3-4,6,9H,5,7-8,15H2,1-2H3. The first-order valence-corrected chi connectivity index (χ1v) is 7.48. The molecule has 1 amide bonds. The second-order valence-corrected chi connectivity index (χ2v) is 6.36. The zero-order valence-corrected chi connectivity index (χ0v) is 12.5. The van der Waals surface area contributed by atoms with Crippen molar-refractivity contribution in [2.24, 2.45) is 0 Å². The molecule has 3 rings (SSSR count). The molecule has 1 unspecified atom stereocenters. The molecular formula is C14H18N4OS. The fraction of sp³-hybridized carbons (Fsp3) is 0.429. The van der Waals surface area contributed by atoms with Crippen molar-refractivity contribution in [3.63, 3.8) is 0 Å². The number of anilines is 1. The minimum absolute atomic E-state index is 0.0369. The van der Waals surface area contributed by atoms with E-state index in [0.717, 1.165) is 29.7 Å². The van der Waals surface area contributed by atoms with Crippen LogP contribution in [0.15, 0.2) is 18.3 Å². The number of amides is 1. The Hall–Kier alpha value is -1.66. The smallest absolute Gasteiger partial charge is 0.266 e. The predicted octanol–water partition coefficient (Wildman–Crippen LogP) is 1.65. The van der Waals surface area contributed by atoms with E-state index in [2.05, 4.69) is 24.0 Å². The number of likely N-dealkylation sites (N-methyl/N-ethyl adjacent to an activating group) is 1. The van der Waals surface area contributed by atoms with Crippen LogP contribution in [0.4, 0.5) is 5.69 Å². The van der Waals surface area contributed by atoms with Gasteiger partial charge in [-0.3, -0.25) is 4.79 Å². The van der Waals surface area contributed by atoms with Crippen molar-refractivity contribution in [1.29, 1.82) is 0 Å². The Morgan fingerprint density at radius 2 is 2.35 bits per heavy atom. The summed E-state index contributed by atoms with van der Waals surface area (Å²) < 4.78 is 0. The lowest BCUT2D eigenvalue weighted by molar-refractivity contribution is 0.0789. The van der Waals surface area contributed by atoms with Gasteiger partial charge in [0.25, 0.3) is 5.91 Å². The molecule has 2 N–H and O–H groups in total. The fourth-order valence-corrected chi connectivity index (χ4v) is 3.63. The van der Waals surface area contributed by atoms with Crippen molar-refractivity contribution in [1.82, 2.24) is 14.8 Å². The number of nitrogens with two attached hydrogens (primary N) is 1. The first-order chi connectivity index (χ1) is 9.58. The van der Waals surface area contributed by atoms with Crippen molar-refractivity contribution in [3.05, 3.63) is 23.2 Å². The third-order valence-electron chi connectivity index (χ3n) is 3.88. The Morgan fingerprint density at radius 3 is 3.00 bits per heavy atom.